The average Bonchev–Trinajstić information content (AvgIpc) is 2.93. The lowest BCUT2D eigenvalue weighted by molar-refractivity contribution is 0.104. The van der Waals surface area contributed by atoms with E-state index in [1.807, 2.05) is 67.7 Å². The number of halogens is 1. The number of carbonyl (C=O) groups excluding carboxylic acids is 1. The van der Waals surface area contributed by atoms with Crippen molar-refractivity contribution in [2.24, 2.45) is 7.05 Å². The van der Waals surface area contributed by atoms with Crippen LogP contribution in [-0.2, 0) is 7.05 Å². The Balaban J connectivity index is 1.72. The van der Waals surface area contributed by atoms with Gasteiger partial charge in [0.15, 0.2) is 5.78 Å². The van der Waals surface area contributed by atoms with Gasteiger partial charge in [-0.05, 0) is 48.0 Å². The standard InChI is InChI=1S/C22H16ClNO/c1-24-20-5-3-2-4-18(20)19-14-16(9-12-21(19)24)22(25)13-8-15-6-10-17(23)11-7-15/h2-14H,1H3. The molecule has 3 aromatic carbocycles. The minimum atomic E-state index is -0.00946. The van der Waals surface area contributed by atoms with Crippen LogP contribution in [-0.4, -0.2) is 10.4 Å². The molecule has 0 bridgehead atoms. The minimum absolute atomic E-state index is 0.00946. The maximum absolute atomic E-state index is 12.6. The molecular formula is C22H16ClNO. The van der Waals surface area contributed by atoms with Gasteiger partial charge in [0.05, 0.1) is 0 Å². The van der Waals surface area contributed by atoms with E-state index >= 15 is 0 Å². The molecule has 0 saturated carbocycles. The number of rotatable bonds is 3. The van der Waals surface area contributed by atoms with Crippen molar-refractivity contribution in [3.8, 4) is 0 Å². The van der Waals surface area contributed by atoms with Gasteiger partial charge in [-0.25, -0.2) is 0 Å². The number of carbonyl (C=O) groups is 1. The molecule has 4 rings (SSSR count). The second kappa shape index (κ2) is 6.23. The first kappa shape index (κ1) is 15.7. The Morgan fingerprint density at radius 3 is 2.44 bits per heavy atom. The number of fused-ring (bicyclic) bond motifs is 3. The van der Waals surface area contributed by atoms with Gasteiger partial charge in [-0.15, -0.1) is 0 Å². The smallest absolute Gasteiger partial charge is 0.185 e. The van der Waals surface area contributed by atoms with Crippen molar-refractivity contribution in [2.75, 3.05) is 0 Å². The third-order valence-corrected chi connectivity index (χ3v) is 4.75. The van der Waals surface area contributed by atoms with E-state index < -0.39 is 0 Å². The topological polar surface area (TPSA) is 22.0 Å². The third-order valence-electron chi connectivity index (χ3n) is 4.50. The number of allylic oxidation sites excluding steroid dienone is 1. The van der Waals surface area contributed by atoms with E-state index in [1.165, 1.54) is 5.52 Å². The lowest BCUT2D eigenvalue weighted by Gasteiger charge is -2.00. The second-order valence-corrected chi connectivity index (χ2v) is 6.49. The Labute approximate surface area is 151 Å². The average molecular weight is 346 g/mol. The van der Waals surface area contributed by atoms with Crippen LogP contribution in [0.4, 0.5) is 0 Å². The number of hydrogen-bond acceptors (Lipinski definition) is 1. The molecule has 0 aliphatic rings. The number of nitrogens with zero attached hydrogens (tertiary/aromatic N) is 1. The molecule has 0 saturated heterocycles. The molecule has 3 heteroatoms. The molecule has 4 aromatic rings. The Hall–Kier alpha value is -2.84. The van der Waals surface area contributed by atoms with Gasteiger partial charge in [0.2, 0.25) is 0 Å². The van der Waals surface area contributed by atoms with E-state index in [1.54, 1.807) is 6.08 Å². The fraction of sp³-hybridized carbons (Fsp3) is 0.0455. The highest BCUT2D eigenvalue weighted by atomic mass is 35.5. The normalized spacial score (nSPS) is 11.6. The molecular weight excluding hydrogens is 330 g/mol. The van der Waals surface area contributed by atoms with Crippen molar-refractivity contribution in [3.63, 3.8) is 0 Å². The predicted molar refractivity (Wildman–Crippen MR) is 105 cm³/mol. The van der Waals surface area contributed by atoms with Crippen LogP contribution in [0.1, 0.15) is 15.9 Å². The summed E-state index contributed by atoms with van der Waals surface area (Å²) in [6.45, 7) is 0. The molecule has 1 aromatic heterocycles. The summed E-state index contributed by atoms with van der Waals surface area (Å²) in [6, 6.07) is 21.5. The van der Waals surface area contributed by atoms with Crippen LogP contribution >= 0.6 is 11.6 Å². The molecule has 0 aliphatic carbocycles. The first-order valence-corrected chi connectivity index (χ1v) is 8.46. The molecule has 1 heterocycles. The van der Waals surface area contributed by atoms with Gasteiger partial charge < -0.3 is 4.57 Å². The Kier molecular flexibility index (Phi) is 3.90. The summed E-state index contributed by atoms with van der Waals surface area (Å²) in [5.41, 5.74) is 3.93. The van der Waals surface area contributed by atoms with E-state index in [0.29, 0.717) is 10.6 Å². The fourth-order valence-electron chi connectivity index (χ4n) is 3.16. The molecule has 2 nitrogen and oxygen atoms in total. The minimum Gasteiger partial charge on any atom is -0.344 e. The van der Waals surface area contributed by atoms with E-state index in [2.05, 4.69) is 16.7 Å². The molecule has 122 valence electrons. The Bertz CT molecular complexity index is 1120. The van der Waals surface area contributed by atoms with Crippen LogP contribution < -0.4 is 0 Å². The van der Waals surface area contributed by atoms with Crippen LogP contribution in [0, 0.1) is 0 Å². The van der Waals surface area contributed by atoms with E-state index in [4.69, 9.17) is 11.6 Å². The summed E-state index contributed by atoms with van der Waals surface area (Å²) < 4.78 is 2.16. The van der Waals surface area contributed by atoms with Crippen LogP contribution in [0.25, 0.3) is 27.9 Å². The first-order chi connectivity index (χ1) is 12.1. The highest BCUT2D eigenvalue weighted by molar-refractivity contribution is 6.30. The maximum atomic E-state index is 12.6. The number of aromatic nitrogens is 1. The highest BCUT2D eigenvalue weighted by Crippen LogP contribution is 2.28. The van der Waals surface area contributed by atoms with Crippen LogP contribution in [0.2, 0.25) is 5.02 Å². The monoisotopic (exact) mass is 345 g/mol. The van der Waals surface area contributed by atoms with E-state index in [0.717, 1.165) is 21.9 Å². The zero-order chi connectivity index (χ0) is 17.4. The van der Waals surface area contributed by atoms with Crippen LogP contribution in [0.3, 0.4) is 0 Å². The van der Waals surface area contributed by atoms with Gasteiger partial charge in [0.25, 0.3) is 0 Å². The lowest BCUT2D eigenvalue weighted by atomic mass is 10.1. The summed E-state index contributed by atoms with van der Waals surface area (Å²) in [5, 5.41) is 2.95. The van der Waals surface area contributed by atoms with Gasteiger partial charge in [-0.3, -0.25) is 4.79 Å². The number of ketones is 1. The quantitative estimate of drug-likeness (QED) is 0.335. The van der Waals surface area contributed by atoms with Gasteiger partial charge in [0.1, 0.15) is 0 Å². The molecule has 0 aliphatic heterocycles. The van der Waals surface area contributed by atoms with E-state index in [-0.39, 0.29) is 5.78 Å². The molecule has 0 N–H and O–H groups in total. The Morgan fingerprint density at radius 1 is 0.920 bits per heavy atom. The predicted octanol–water partition coefficient (Wildman–Crippen LogP) is 5.88. The fourth-order valence-corrected chi connectivity index (χ4v) is 3.29. The first-order valence-electron chi connectivity index (χ1n) is 8.08. The molecule has 0 atom stereocenters. The van der Waals surface area contributed by atoms with Crippen molar-refractivity contribution < 1.29 is 4.79 Å². The van der Waals surface area contributed by atoms with Gasteiger partial charge in [-0.1, -0.05) is 48.0 Å². The number of para-hydroxylation sites is 1. The number of benzene rings is 3. The molecule has 25 heavy (non-hydrogen) atoms. The molecule has 0 spiro atoms. The molecule has 0 unspecified atom stereocenters. The van der Waals surface area contributed by atoms with Crippen molar-refractivity contribution in [1.29, 1.82) is 0 Å². The highest BCUT2D eigenvalue weighted by Gasteiger charge is 2.10. The van der Waals surface area contributed by atoms with Crippen LogP contribution in [0.5, 0.6) is 0 Å². The van der Waals surface area contributed by atoms with Crippen LogP contribution in [0.15, 0.2) is 72.8 Å². The molecule has 0 fully saturated rings. The van der Waals surface area contributed by atoms with Crippen molar-refractivity contribution in [1.82, 2.24) is 4.57 Å². The van der Waals surface area contributed by atoms with Gasteiger partial charge in [-0.2, -0.15) is 0 Å². The molecule has 0 amide bonds. The SMILES string of the molecule is Cn1c2ccccc2c2cc(C(=O)C=Cc3ccc(Cl)cc3)ccc21. The zero-order valence-electron chi connectivity index (χ0n) is 13.7. The second-order valence-electron chi connectivity index (χ2n) is 6.06. The lowest BCUT2D eigenvalue weighted by Crippen LogP contribution is -1.94. The summed E-state index contributed by atoms with van der Waals surface area (Å²) in [6.07, 6.45) is 3.42. The number of aryl methyl sites for hydroxylation is 1. The van der Waals surface area contributed by atoms with Crippen molar-refractivity contribution in [3.05, 3.63) is 89.0 Å². The largest absolute Gasteiger partial charge is 0.344 e. The van der Waals surface area contributed by atoms with Crippen molar-refractivity contribution >= 4 is 45.3 Å². The van der Waals surface area contributed by atoms with Gasteiger partial charge in [0, 0.05) is 39.4 Å². The zero-order valence-corrected chi connectivity index (χ0v) is 14.5. The summed E-state index contributed by atoms with van der Waals surface area (Å²) >= 11 is 5.88. The summed E-state index contributed by atoms with van der Waals surface area (Å²) in [7, 11) is 2.05. The number of hydrogen-bond donors (Lipinski definition) is 0. The summed E-state index contributed by atoms with van der Waals surface area (Å²) in [5.74, 6) is -0.00946. The molecule has 0 radical (unpaired) electrons. The summed E-state index contributed by atoms with van der Waals surface area (Å²) in [4.78, 5) is 12.6. The Morgan fingerprint density at radius 2 is 1.64 bits per heavy atom. The third kappa shape index (κ3) is 2.86. The van der Waals surface area contributed by atoms with Gasteiger partial charge >= 0.3 is 0 Å². The van der Waals surface area contributed by atoms with Crippen molar-refractivity contribution in [2.45, 2.75) is 0 Å². The van der Waals surface area contributed by atoms with E-state index in [9.17, 15) is 4.79 Å². The maximum Gasteiger partial charge on any atom is 0.185 e.